The van der Waals surface area contributed by atoms with Crippen LogP contribution in [0.4, 0.5) is 0 Å². The number of rotatable bonds is 6. The lowest BCUT2D eigenvalue weighted by molar-refractivity contribution is -0.138. The van der Waals surface area contributed by atoms with E-state index in [0.717, 1.165) is 5.56 Å². The standard InChI is InChI=1S/C21H23N3O3/c1-4-24(21(26)15(3)27-16-9-7-8-14(2)12-16)13-19-22-18-11-6-5-10-17(18)20(25)23-19/h5-12,15H,4,13H2,1-3H3,(H,22,23,25). The van der Waals surface area contributed by atoms with Gasteiger partial charge in [-0.05, 0) is 50.6 Å². The van der Waals surface area contributed by atoms with Gasteiger partial charge in [0.25, 0.3) is 11.5 Å². The third-order valence-corrected chi connectivity index (χ3v) is 4.35. The second kappa shape index (κ2) is 8.03. The van der Waals surface area contributed by atoms with Gasteiger partial charge in [0.05, 0.1) is 17.4 Å². The van der Waals surface area contributed by atoms with Crippen LogP contribution >= 0.6 is 0 Å². The van der Waals surface area contributed by atoms with E-state index in [1.165, 1.54) is 0 Å². The molecule has 0 spiro atoms. The van der Waals surface area contributed by atoms with Crippen molar-refractivity contribution in [2.45, 2.75) is 33.4 Å². The molecule has 1 unspecified atom stereocenters. The molecule has 6 heteroatoms. The number of aromatic nitrogens is 2. The van der Waals surface area contributed by atoms with Crippen molar-refractivity contribution >= 4 is 16.8 Å². The Hall–Kier alpha value is -3.15. The Morgan fingerprint density at radius 3 is 2.74 bits per heavy atom. The normalized spacial score (nSPS) is 12.0. The minimum Gasteiger partial charge on any atom is -0.481 e. The number of para-hydroxylation sites is 1. The van der Waals surface area contributed by atoms with Crippen molar-refractivity contribution in [2.75, 3.05) is 6.54 Å². The van der Waals surface area contributed by atoms with Crippen LogP contribution in [0.15, 0.2) is 53.3 Å². The molecule has 0 aliphatic rings. The van der Waals surface area contributed by atoms with Gasteiger partial charge in [-0.25, -0.2) is 4.98 Å². The minimum absolute atomic E-state index is 0.158. The van der Waals surface area contributed by atoms with Gasteiger partial charge in [-0.1, -0.05) is 24.3 Å². The molecular formula is C21H23N3O3. The van der Waals surface area contributed by atoms with Gasteiger partial charge >= 0.3 is 0 Å². The fourth-order valence-corrected chi connectivity index (χ4v) is 2.94. The number of likely N-dealkylation sites (N-methyl/N-ethyl adjacent to an activating group) is 1. The first-order valence-electron chi connectivity index (χ1n) is 8.98. The second-order valence-corrected chi connectivity index (χ2v) is 6.46. The summed E-state index contributed by atoms with van der Waals surface area (Å²) in [6.07, 6.45) is -0.640. The molecule has 1 heterocycles. The molecule has 0 saturated heterocycles. The van der Waals surface area contributed by atoms with E-state index in [0.29, 0.717) is 29.0 Å². The van der Waals surface area contributed by atoms with Crippen molar-refractivity contribution in [3.63, 3.8) is 0 Å². The number of aromatic amines is 1. The zero-order valence-electron chi connectivity index (χ0n) is 15.7. The zero-order chi connectivity index (χ0) is 19.4. The second-order valence-electron chi connectivity index (χ2n) is 6.46. The molecule has 140 valence electrons. The SMILES string of the molecule is CCN(Cc1nc2ccccc2c(=O)[nH]1)C(=O)C(C)Oc1cccc(C)c1. The van der Waals surface area contributed by atoms with Crippen molar-refractivity contribution in [3.8, 4) is 5.75 Å². The van der Waals surface area contributed by atoms with Crippen LogP contribution in [0.25, 0.3) is 10.9 Å². The number of aryl methyl sites for hydroxylation is 1. The summed E-state index contributed by atoms with van der Waals surface area (Å²) in [5, 5.41) is 0.534. The summed E-state index contributed by atoms with van der Waals surface area (Å²) in [5.41, 5.74) is 1.48. The maximum absolute atomic E-state index is 12.8. The van der Waals surface area contributed by atoms with Crippen LogP contribution in [0.1, 0.15) is 25.2 Å². The van der Waals surface area contributed by atoms with Gasteiger partial charge < -0.3 is 14.6 Å². The van der Waals surface area contributed by atoms with Crippen LogP contribution < -0.4 is 10.3 Å². The molecule has 2 aromatic carbocycles. The number of hydrogen-bond donors (Lipinski definition) is 1. The largest absolute Gasteiger partial charge is 0.481 e. The average Bonchev–Trinajstić information content (AvgIpc) is 2.65. The van der Waals surface area contributed by atoms with Crippen molar-refractivity contribution in [2.24, 2.45) is 0 Å². The van der Waals surface area contributed by atoms with E-state index >= 15 is 0 Å². The highest BCUT2D eigenvalue weighted by molar-refractivity contribution is 5.81. The number of benzene rings is 2. The monoisotopic (exact) mass is 365 g/mol. The first-order valence-corrected chi connectivity index (χ1v) is 8.98. The third-order valence-electron chi connectivity index (χ3n) is 4.35. The summed E-state index contributed by atoms with van der Waals surface area (Å²) in [4.78, 5) is 33.9. The van der Waals surface area contributed by atoms with E-state index in [4.69, 9.17) is 4.74 Å². The van der Waals surface area contributed by atoms with Crippen LogP contribution in [0.5, 0.6) is 5.75 Å². The summed E-state index contributed by atoms with van der Waals surface area (Å²) in [5.74, 6) is 0.954. The van der Waals surface area contributed by atoms with E-state index < -0.39 is 6.10 Å². The molecule has 0 aliphatic heterocycles. The summed E-state index contributed by atoms with van der Waals surface area (Å²) < 4.78 is 5.79. The molecule has 0 aliphatic carbocycles. The number of nitrogens with one attached hydrogen (secondary N) is 1. The summed E-state index contributed by atoms with van der Waals surface area (Å²) in [6.45, 7) is 6.29. The lowest BCUT2D eigenvalue weighted by Crippen LogP contribution is -2.40. The Morgan fingerprint density at radius 1 is 1.22 bits per heavy atom. The van der Waals surface area contributed by atoms with Gasteiger partial charge in [0.15, 0.2) is 6.10 Å². The molecule has 6 nitrogen and oxygen atoms in total. The van der Waals surface area contributed by atoms with E-state index in [1.54, 1.807) is 30.0 Å². The Morgan fingerprint density at radius 2 is 2.00 bits per heavy atom. The van der Waals surface area contributed by atoms with Crippen LogP contribution in [0.3, 0.4) is 0 Å². The fourth-order valence-electron chi connectivity index (χ4n) is 2.94. The molecule has 0 fully saturated rings. The minimum atomic E-state index is -0.640. The predicted molar refractivity (Wildman–Crippen MR) is 105 cm³/mol. The molecule has 0 radical (unpaired) electrons. The lowest BCUT2D eigenvalue weighted by Gasteiger charge is -2.24. The highest BCUT2D eigenvalue weighted by Gasteiger charge is 2.22. The number of carbonyl (C=O) groups is 1. The Bertz CT molecular complexity index is 1010. The number of amides is 1. The van der Waals surface area contributed by atoms with E-state index in [-0.39, 0.29) is 18.0 Å². The fraction of sp³-hybridized carbons (Fsp3) is 0.286. The summed E-state index contributed by atoms with van der Waals surface area (Å²) in [6, 6.07) is 14.7. The first kappa shape index (κ1) is 18.6. The van der Waals surface area contributed by atoms with Gasteiger partial charge in [-0.15, -0.1) is 0 Å². The smallest absolute Gasteiger partial charge is 0.263 e. The van der Waals surface area contributed by atoms with Crippen molar-refractivity contribution in [3.05, 3.63) is 70.3 Å². The Labute approximate surface area is 157 Å². The number of H-pyrrole nitrogens is 1. The molecule has 1 atom stereocenters. The van der Waals surface area contributed by atoms with Gasteiger partial charge in [0.1, 0.15) is 11.6 Å². The number of ether oxygens (including phenoxy) is 1. The molecule has 3 rings (SSSR count). The predicted octanol–water partition coefficient (Wildman–Crippen LogP) is 3.05. The van der Waals surface area contributed by atoms with Crippen molar-refractivity contribution < 1.29 is 9.53 Å². The van der Waals surface area contributed by atoms with E-state index in [9.17, 15) is 9.59 Å². The first-order chi connectivity index (χ1) is 13.0. The lowest BCUT2D eigenvalue weighted by atomic mass is 10.2. The van der Waals surface area contributed by atoms with Gasteiger partial charge in [0, 0.05) is 6.54 Å². The maximum atomic E-state index is 12.8. The van der Waals surface area contributed by atoms with E-state index in [1.807, 2.05) is 44.2 Å². The topological polar surface area (TPSA) is 75.3 Å². The Balaban J connectivity index is 1.76. The van der Waals surface area contributed by atoms with Gasteiger partial charge in [-0.3, -0.25) is 9.59 Å². The van der Waals surface area contributed by atoms with Crippen LogP contribution in [-0.4, -0.2) is 33.4 Å². The number of hydrogen-bond acceptors (Lipinski definition) is 4. The highest BCUT2D eigenvalue weighted by Crippen LogP contribution is 2.15. The molecule has 27 heavy (non-hydrogen) atoms. The highest BCUT2D eigenvalue weighted by atomic mass is 16.5. The molecule has 0 saturated carbocycles. The molecule has 1 N–H and O–H groups in total. The molecular weight excluding hydrogens is 342 g/mol. The number of fused-ring (bicyclic) bond motifs is 1. The van der Waals surface area contributed by atoms with Gasteiger partial charge in [-0.2, -0.15) is 0 Å². The molecule has 1 aromatic heterocycles. The van der Waals surface area contributed by atoms with Crippen LogP contribution in [0, 0.1) is 6.92 Å². The third kappa shape index (κ3) is 4.34. The zero-order valence-corrected chi connectivity index (χ0v) is 15.7. The van der Waals surface area contributed by atoms with E-state index in [2.05, 4.69) is 9.97 Å². The van der Waals surface area contributed by atoms with Gasteiger partial charge in [0.2, 0.25) is 0 Å². The Kier molecular flexibility index (Phi) is 5.54. The van der Waals surface area contributed by atoms with Crippen molar-refractivity contribution in [1.82, 2.24) is 14.9 Å². The van der Waals surface area contributed by atoms with Crippen LogP contribution in [0.2, 0.25) is 0 Å². The average molecular weight is 365 g/mol. The number of carbonyl (C=O) groups excluding carboxylic acids is 1. The van der Waals surface area contributed by atoms with Crippen LogP contribution in [-0.2, 0) is 11.3 Å². The molecule has 1 amide bonds. The molecule has 0 bridgehead atoms. The number of nitrogens with zero attached hydrogens (tertiary/aromatic N) is 2. The molecule has 3 aromatic rings. The summed E-state index contributed by atoms with van der Waals surface area (Å²) >= 11 is 0. The summed E-state index contributed by atoms with van der Waals surface area (Å²) in [7, 11) is 0. The quantitative estimate of drug-likeness (QED) is 0.728. The maximum Gasteiger partial charge on any atom is 0.263 e. The van der Waals surface area contributed by atoms with Crippen molar-refractivity contribution in [1.29, 1.82) is 0 Å².